The van der Waals surface area contributed by atoms with E-state index in [2.05, 4.69) is 16.3 Å². The molecule has 0 aliphatic heterocycles. The van der Waals surface area contributed by atoms with Crippen LogP contribution in [0.1, 0.15) is 39.0 Å². The molecule has 1 fully saturated rings. The highest BCUT2D eigenvalue weighted by molar-refractivity contribution is 8.00. The maximum absolute atomic E-state index is 12.9. The monoisotopic (exact) mass is 400 g/mol. The molecule has 0 N–H and O–H groups in total. The number of hydrogen-bond acceptors (Lipinski definition) is 7. The average molecular weight is 401 g/mol. The van der Waals surface area contributed by atoms with Crippen molar-refractivity contribution in [1.82, 2.24) is 15.1 Å². The first-order chi connectivity index (χ1) is 13.5. The molecule has 3 rings (SSSR count). The molecule has 1 amide bonds. The summed E-state index contributed by atoms with van der Waals surface area (Å²) < 4.78 is 10.8. The number of amides is 1. The Labute approximate surface area is 169 Å². The van der Waals surface area contributed by atoms with Crippen LogP contribution in [-0.4, -0.2) is 46.0 Å². The Morgan fingerprint density at radius 3 is 2.57 bits per heavy atom. The molecule has 1 atom stereocenters. The summed E-state index contributed by atoms with van der Waals surface area (Å²) in [6.07, 6.45) is 4.52. The quantitative estimate of drug-likeness (QED) is 0.679. The molecular weight excluding hydrogens is 376 g/mol. The van der Waals surface area contributed by atoms with Gasteiger partial charge >= 0.3 is 0 Å². The van der Waals surface area contributed by atoms with E-state index in [4.69, 9.17) is 9.15 Å². The van der Waals surface area contributed by atoms with Gasteiger partial charge in [0.15, 0.2) is 0 Å². The van der Waals surface area contributed by atoms with E-state index in [1.807, 2.05) is 24.3 Å². The molecule has 28 heavy (non-hydrogen) atoms. The summed E-state index contributed by atoms with van der Waals surface area (Å²) in [5.74, 6) is 1.03. The zero-order valence-electron chi connectivity index (χ0n) is 16.3. The van der Waals surface area contributed by atoms with Crippen molar-refractivity contribution in [3.05, 3.63) is 24.3 Å². The van der Waals surface area contributed by atoms with Crippen LogP contribution in [0.2, 0.25) is 0 Å². The second-order valence-electron chi connectivity index (χ2n) is 6.96. The van der Waals surface area contributed by atoms with Gasteiger partial charge in [0.05, 0.1) is 18.4 Å². The third-order valence-electron chi connectivity index (χ3n) is 5.23. The Morgan fingerprint density at radius 2 is 1.96 bits per heavy atom. The fraction of sp³-hybridized carbons (Fsp3) is 0.500. The van der Waals surface area contributed by atoms with Gasteiger partial charge in [-0.05, 0) is 44.0 Å². The molecule has 1 aromatic carbocycles. The second-order valence-corrected chi connectivity index (χ2v) is 8.26. The van der Waals surface area contributed by atoms with Crippen LogP contribution in [0.3, 0.4) is 0 Å². The standard InChI is InChI=1S/C20H24N4O3S/c1-14(18(25)24(2)20(13-21)11-5-4-6-12-20)28-19-23-22-17(27-19)15-7-9-16(26-3)10-8-15/h7-10,14H,4-6,11-12H2,1-3H3/t14-/m0/s1. The first kappa shape index (κ1) is 20.2. The number of aromatic nitrogens is 2. The molecule has 148 valence electrons. The van der Waals surface area contributed by atoms with Crippen molar-refractivity contribution in [1.29, 1.82) is 5.26 Å². The largest absolute Gasteiger partial charge is 0.497 e. The van der Waals surface area contributed by atoms with Crippen molar-refractivity contribution in [2.75, 3.05) is 14.2 Å². The van der Waals surface area contributed by atoms with E-state index in [1.165, 1.54) is 11.8 Å². The number of methoxy groups -OCH3 is 1. The first-order valence-electron chi connectivity index (χ1n) is 9.32. The molecule has 1 aliphatic rings. The SMILES string of the molecule is COc1ccc(-c2nnc(S[C@@H](C)C(=O)N(C)C3(C#N)CCCCC3)o2)cc1. The number of nitriles is 1. The molecule has 0 saturated heterocycles. The summed E-state index contributed by atoms with van der Waals surface area (Å²) in [5.41, 5.74) is 0.0784. The Bertz CT molecular complexity index is 853. The lowest BCUT2D eigenvalue weighted by atomic mass is 9.81. The molecule has 1 aromatic heterocycles. The van der Waals surface area contributed by atoms with E-state index in [9.17, 15) is 10.1 Å². The van der Waals surface area contributed by atoms with Crippen molar-refractivity contribution in [2.45, 2.75) is 55.0 Å². The predicted octanol–water partition coefficient (Wildman–Crippen LogP) is 3.91. The van der Waals surface area contributed by atoms with Gasteiger partial charge in [-0.25, -0.2) is 0 Å². The Hall–Kier alpha value is -2.53. The van der Waals surface area contributed by atoms with E-state index < -0.39 is 10.8 Å². The van der Waals surface area contributed by atoms with E-state index >= 15 is 0 Å². The highest BCUT2D eigenvalue weighted by Gasteiger charge is 2.40. The van der Waals surface area contributed by atoms with Gasteiger partial charge in [0, 0.05) is 12.6 Å². The topological polar surface area (TPSA) is 92.3 Å². The number of carbonyl (C=O) groups excluding carboxylic acids is 1. The van der Waals surface area contributed by atoms with E-state index in [1.54, 1.807) is 26.0 Å². The zero-order valence-corrected chi connectivity index (χ0v) is 17.2. The van der Waals surface area contributed by atoms with Crippen molar-refractivity contribution in [2.24, 2.45) is 0 Å². The average Bonchev–Trinajstić information content (AvgIpc) is 3.21. The van der Waals surface area contributed by atoms with Crippen LogP contribution >= 0.6 is 11.8 Å². The van der Waals surface area contributed by atoms with Crippen molar-refractivity contribution >= 4 is 17.7 Å². The van der Waals surface area contributed by atoms with Crippen LogP contribution in [-0.2, 0) is 4.79 Å². The molecule has 1 saturated carbocycles. The minimum atomic E-state index is -0.701. The normalized spacial score (nSPS) is 16.8. The van der Waals surface area contributed by atoms with Gasteiger partial charge in [0.1, 0.15) is 11.3 Å². The molecule has 1 heterocycles. The van der Waals surface area contributed by atoms with Gasteiger partial charge in [-0.15, -0.1) is 10.2 Å². The number of benzene rings is 1. The molecule has 8 heteroatoms. The fourth-order valence-electron chi connectivity index (χ4n) is 3.45. The van der Waals surface area contributed by atoms with E-state index in [0.717, 1.165) is 43.4 Å². The van der Waals surface area contributed by atoms with Crippen LogP contribution in [0.5, 0.6) is 5.75 Å². The van der Waals surface area contributed by atoms with Crippen LogP contribution in [0.25, 0.3) is 11.5 Å². The van der Waals surface area contributed by atoms with E-state index in [-0.39, 0.29) is 5.91 Å². The minimum absolute atomic E-state index is 0.0994. The van der Waals surface area contributed by atoms with Crippen molar-refractivity contribution in [3.8, 4) is 23.3 Å². The summed E-state index contributed by atoms with van der Waals surface area (Å²) in [6, 6.07) is 9.70. The van der Waals surface area contributed by atoms with Gasteiger partial charge < -0.3 is 14.1 Å². The van der Waals surface area contributed by atoms with E-state index in [0.29, 0.717) is 11.1 Å². The Kier molecular flexibility index (Phi) is 6.25. The molecular formula is C20H24N4O3S. The lowest BCUT2D eigenvalue weighted by Crippen LogP contribution is -2.52. The molecule has 0 radical (unpaired) electrons. The Balaban J connectivity index is 1.67. The number of carbonyl (C=O) groups is 1. The van der Waals surface area contributed by atoms with Crippen LogP contribution in [0, 0.1) is 11.3 Å². The summed E-state index contributed by atoms with van der Waals surface area (Å²) >= 11 is 1.21. The summed E-state index contributed by atoms with van der Waals surface area (Å²) in [4.78, 5) is 14.5. The molecule has 0 bridgehead atoms. The van der Waals surface area contributed by atoms with Gasteiger partial charge in [0.2, 0.25) is 11.8 Å². The van der Waals surface area contributed by atoms with Crippen LogP contribution in [0.4, 0.5) is 0 Å². The molecule has 2 aromatic rings. The molecule has 7 nitrogen and oxygen atoms in total. The van der Waals surface area contributed by atoms with Gasteiger partial charge in [-0.1, -0.05) is 31.0 Å². The summed E-state index contributed by atoms with van der Waals surface area (Å²) in [6.45, 7) is 1.80. The number of rotatable bonds is 6. The number of nitrogens with zero attached hydrogens (tertiary/aromatic N) is 4. The van der Waals surface area contributed by atoms with Crippen molar-refractivity contribution < 1.29 is 13.9 Å². The first-order valence-corrected chi connectivity index (χ1v) is 10.2. The summed E-state index contributed by atoms with van der Waals surface area (Å²) in [7, 11) is 3.33. The van der Waals surface area contributed by atoms with Crippen molar-refractivity contribution in [3.63, 3.8) is 0 Å². The number of ether oxygens (including phenoxy) is 1. The third-order valence-corrected chi connectivity index (χ3v) is 6.15. The second kappa shape index (κ2) is 8.65. The van der Waals surface area contributed by atoms with Gasteiger partial charge in [0.25, 0.3) is 5.22 Å². The lowest BCUT2D eigenvalue weighted by Gasteiger charge is -2.39. The lowest BCUT2D eigenvalue weighted by molar-refractivity contribution is -0.133. The minimum Gasteiger partial charge on any atom is -0.497 e. The van der Waals surface area contributed by atoms with Gasteiger partial charge in [-0.2, -0.15) is 5.26 Å². The molecule has 1 aliphatic carbocycles. The molecule has 0 spiro atoms. The van der Waals surface area contributed by atoms with Crippen LogP contribution < -0.4 is 4.74 Å². The van der Waals surface area contributed by atoms with Crippen LogP contribution in [0.15, 0.2) is 33.9 Å². The van der Waals surface area contributed by atoms with Gasteiger partial charge in [-0.3, -0.25) is 4.79 Å². The zero-order chi connectivity index (χ0) is 20.1. The maximum Gasteiger partial charge on any atom is 0.277 e. The Morgan fingerprint density at radius 1 is 1.29 bits per heavy atom. The summed E-state index contributed by atoms with van der Waals surface area (Å²) in [5, 5.41) is 17.7. The predicted molar refractivity (Wildman–Crippen MR) is 106 cm³/mol. The number of thioether (sulfide) groups is 1. The maximum atomic E-state index is 12.9. The fourth-order valence-corrected chi connectivity index (χ4v) is 4.23. The smallest absolute Gasteiger partial charge is 0.277 e. The highest BCUT2D eigenvalue weighted by Crippen LogP contribution is 2.34. The third kappa shape index (κ3) is 4.14. The highest BCUT2D eigenvalue weighted by atomic mass is 32.2. The molecule has 0 unspecified atom stereocenters. The number of hydrogen-bond donors (Lipinski definition) is 0.